The van der Waals surface area contributed by atoms with Gasteiger partial charge in [0.15, 0.2) is 0 Å². The summed E-state index contributed by atoms with van der Waals surface area (Å²) < 4.78 is 27.9. The smallest absolute Gasteiger partial charge is 0.308 e. The largest absolute Gasteiger partial charge is 0.382 e. The van der Waals surface area contributed by atoms with E-state index in [0.29, 0.717) is 12.3 Å². The highest BCUT2D eigenvalue weighted by molar-refractivity contribution is 7.87. The van der Waals surface area contributed by atoms with Crippen molar-refractivity contribution in [3.05, 3.63) is 29.8 Å². The molecule has 0 spiro atoms. The fraction of sp³-hybridized carbons (Fsp3) is 0.588. The Kier molecular flexibility index (Phi) is 5.68. The molecule has 6 heteroatoms. The lowest BCUT2D eigenvalue weighted by molar-refractivity contribution is -0.135. The maximum atomic E-state index is 12.4. The van der Waals surface area contributed by atoms with Gasteiger partial charge in [0.25, 0.3) is 0 Å². The van der Waals surface area contributed by atoms with Crippen LogP contribution in [0.5, 0.6) is 5.75 Å². The van der Waals surface area contributed by atoms with Gasteiger partial charge in [0.1, 0.15) is 5.75 Å². The Balaban J connectivity index is 2.06. The summed E-state index contributed by atoms with van der Waals surface area (Å²) in [6.45, 7) is 6.22. The van der Waals surface area contributed by atoms with E-state index in [1.54, 1.807) is 12.1 Å². The van der Waals surface area contributed by atoms with E-state index >= 15 is 0 Å². The Labute approximate surface area is 138 Å². The molecule has 0 aromatic heterocycles. The normalized spacial score (nSPS) is 16.0. The van der Waals surface area contributed by atoms with Crippen molar-refractivity contribution in [2.45, 2.75) is 52.6 Å². The third-order valence-electron chi connectivity index (χ3n) is 4.19. The Morgan fingerprint density at radius 3 is 2.35 bits per heavy atom. The molecule has 5 nitrogen and oxygen atoms in total. The lowest BCUT2D eigenvalue weighted by Gasteiger charge is -2.29. The first-order chi connectivity index (χ1) is 10.9. The summed E-state index contributed by atoms with van der Waals surface area (Å²) in [5, 5.41) is 0. The van der Waals surface area contributed by atoms with Crippen molar-refractivity contribution in [3.63, 3.8) is 0 Å². The fourth-order valence-corrected chi connectivity index (χ4v) is 2.81. The molecule has 0 aliphatic heterocycles. The number of benzene rings is 1. The van der Waals surface area contributed by atoms with Gasteiger partial charge in [0, 0.05) is 18.5 Å². The van der Waals surface area contributed by atoms with Crippen molar-refractivity contribution in [2.75, 3.05) is 5.75 Å². The molecule has 1 amide bonds. The third kappa shape index (κ3) is 4.96. The first-order valence-electron chi connectivity index (χ1n) is 8.17. The molecule has 0 heterocycles. The van der Waals surface area contributed by atoms with Crippen LogP contribution in [0.1, 0.15) is 45.6 Å². The molecular weight excluding hydrogens is 314 g/mol. The number of carbonyl (C=O) groups is 1. The predicted molar refractivity (Wildman–Crippen MR) is 89.6 cm³/mol. The van der Waals surface area contributed by atoms with Gasteiger partial charge in [-0.15, -0.1) is 0 Å². The third-order valence-corrected chi connectivity index (χ3v) is 5.34. The number of carbonyl (C=O) groups excluding carboxylic acids is 1. The second-order valence-corrected chi connectivity index (χ2v) is 7.93. The van der Waals surface area contributed by atoms with E-state index in [0.717, 1.165) is 24.8 Å². The zero-order valence-electron chi connectivity index (χ0n) is 14.0. The molecule has 128 valence electrons. The average molecular weight is 339 g/mol. The van der Waals surface area contributed by atoms with Crippen LogP contribution in [0.2, 0.25) is 0 Å². The quantitative estimate of drug-likeness (QED) is 0.683. The SMILES string of the molecule is CC[C@@H](C)N(Cc1ccc(OS(=O)(=O)CC)cc1)C(=O)C1CC1. The van der Waals surface area contributed by atoms with Crippen LogP contribution in [0, 0.1) is 5.92 Å². The van der Waals surface area contributed by atoms with E-state index in [9.17, 15) is 13.2 Å². The first kappa shape index (κ1) is 17.8. The summed E-state index contributed by atoms with van der Waals surface area (Å²) in [5.74, 6) is 0.667. The summed E-state index contributed by atoms with van der Waals surface area (Å²) in [7, 11) is -3.51. The standard InChI is InChI=1S/C17H25NO4S/c1-4-13(3)18(17(19)15-8-9-15)12-14-6-10-16(11-7-14)22-23(20,21)5-2/h6-7,10-11,13,15H,4-5,8-9,12H2,1-3H3/t13-/m1/s1. The highest BCUT2D eigenvalue weighted by atomic mass is 32.2. The van der Waals surface area contributed by atoms with Gasteiger partial charge in [-0.25, -0.2) is 0 Å². The second kappa shape index (κ2) is 7.34. The second-order valence-electron chi connectivity index (χ2n) is 6.07. The van der Waals surface area contributed by atoms with Gasteiger partial charge in [0.05, 0.1) is 5.75 Å². The molecule has 1 aliphatic rings. The van der Waals surface area contributed by atoms with Crippen LogP contribution in [0.15, 0.2) is 24.3 Å². The van der Waals surface area contributed by atoms with Crippen LogP contribution in [-0.4, -0.2) is 31.0 Å². The van der Waals surface area contributed by atoms with Gasteiger partial charge in [-0.05, 0) is 50.8 Å². The van der Waals surface area contributed by atoms with E-state index < -0.39 is 10.1 Å². The molecule has 0 N–H and O–H groups in total. The van der Waals surface area contributed by atoms with Gasteiger partial charge in [0.2, 0.25) is 5.91 Å². The van der Waals surface area contributed by atoms with Crippen molar-refractivity contribution < 1.29 is 17.4 Å². The molecule has 1 fully saturated rings. The van der Waals surface area contributed by atoms with E-state index in [1.807, 2.05) is 17.0 Å². The van der Waals surface area contributed by atoms with Crippen molar-refractivity contribution >= 4 is 16.0 Å². The van der Waals surface area contributed by atoms with Crippen LogP contribution in [-0.2, 0) is 21.5 Å². The molecule has 0 saturated heterocycles. The van der Waals surface area contributed by atoms with Crippen LogP contribution >= 0.6 is 0 Å². The number of rotatable bonds is 8. The first-order valence-corrected chi connectivity index (χ1v) is 9.75. The number of amides is 1. The molecule has 23 heavy (non-hydrogen) atoms. The minimum absolute atomic E-state index is 0.0631. The van der Waals surface area contributed by atoms with E-state index in [-0.39, 0.29) is 23.6 Å². The fourth-order valence-electron chi connectivity index (χ4n) is 2.29. The summed E-state index contributed by atoms with van der Waals surface area (Å²) in [6, 6.07) is 7.10. The zero-order chi connectivity index (χ0) is 17.0. The number of hydrogen-bond donors (Lipinski definition) is 0. The van der Waals surface area contributed by atoms with Crippen LogP contribution in [0.25, 0.3) is 0 Å². The number of nitrogens with zero attached hydrogens (tertiary/aromatic N) is 1. The lowest BCUT2D eigenvalue weighted by Crippen LogP contribution is -2.38. The summed E-state index contributed by atoms with van der Waals surface area (Å²) in [6.07, 6.45) is 2.90. The summed E-state index contributed by atoms with van der Waals surface area (Å²) in [4.78, 5) is 14.4. The molecule has 1 aliphatic carbocycles. The molecule has 2 rings (SSSR count). The molecule has 1 atom stereocenters. The van der Waals surface area contributed by atoms with Gasteiger partial charge < -0.3 is 9.08 Å². The van der Waals surface area contributed by atoms with E-state index in [1.165, 1.54) is 6.92 Å². The minimum atomic E-state index is -3.51. The molecule has 0 unspecified atom stereocenters. The molecule has 1 aromatic carbocycles. The minimum Gasteiger partial charge on any atom is -0.382 e. The average Bonchev–Trinajstić information content (AvgIpc) is 3.37. The summed E-state index contributed by atoms with van der Waals surface area (Å²) >= 11 is 0. The lowest BCUT2D eigenvalue weighted by atomic mass is 10.1. The highest BCUT2D eigenvalue weighted by Gasteiger charge is 2.34. The molecule has 0 radical (unpaired) electrons. The van der Waals surface area contributed by atoms with Crippen molar-refractivity contribution in [1.29, 1.82) is 0 Å². The Hall–Kier alpha value is -1.56. The number of hydrogen-bond acceptors (Lipinski definition) is 4. The predicted octanol–water partition coefficient (Wildman–Crippen LogP) is 2.95. The van der Waals surface area contributed by atoms with Gasteiger partial charge in [-0.1, -0.05) is 19.1 Å². The van der Waals surface area contributed by atoms with Crippen LogP contribution < -0.4 is 4.18 Å². The van der Waals surface area contributed by atoms with Crippen molar-refractivity contribution in [3.8, 4) is 5.75 Å². The van der Waals surface area contributed by atoms with Crippen LogP contribution in [0.3, 0.4) is 0 Å². The van der Waals surface area contributed by atoms with Crippen molar-refractivity contribution in [1.82, 2.24) is 4.90 Å². The van der Waals surface area contributed by atoms with E-state index in [4.69, 9.17) is 4.18 Å². The molecule has 0 bridgehead atoms. The van der Waals surface area contributed by atoms with Crippen molar-refractivity contribution in [2.24, 2.45) is 5.92 Å². The maximum absolute atomic E-state index is 12.4. The van der Waals surface area contributed by atoms with E-state index in [2.05, 4.69) is 13.8 Å². The van der Waals surface area contributed by atoms with Crippen LogP contribution in [0.4, 0.5) is 0 Å². The van der Waals surface area contributed by atoms with Gasteiger partial charge in [-0.3, -0.25) is 4.79 Å². The van der Waals surface area contributed by atoms with Gasteiger partial charge in [-0.2, -0.15) is 8.42 Å². The maximum Gasteiger partial charge on any atom is 0.308 e. The highest BCUT2D eigenvalue weighted by Crippen LogP contribution is 2.32. The Morgan fingerprint density at radius 2 is 1.87 bits per heavy atom. The molecular formula is C17H25NO4S. The molecule has 1 aromatic rings. The Morgan fingerprint density at radius 1 is 1.26 bits per heavy atom. The topological polar surface area (TPSA) is 63.7 Å². The Bertz CT molecular complexity index is 635. The summed E-state index contributed by atoms with van der Waals surface area (Å²) in [5.41, 5.74) is 0.973. The monoisotopic (exact) mass is 339 g/mol. The van der Waals surface area contributed by atoms with Gasteiger partial charge >= 0.3 is 10.1 Å². The molecule has 1 saturated carbocycles. The zero-order valence-corrected chi connectivity index (χ0v) is 14.8.